The van der Waals surface area contributed by atoms with Gasteiger partial charge in [0.2, 0.25) is 0 Å². The van der Waals surface area contributed by atoms with Crippen LogP contribution in [0.1, 0.15) is 35.5 Å². The van der Waals surface area contributed by atoms with Gasteiger partial charge in [0.1, 0.15) is 0 Å². The number of nitrogens with one attached hydrogen (secondary N) is 3. The van der Waals surface area contributed by atoms with Gasteiger partial charge in [-0.25, -0.2) is 0 Å². The summed E-state index contributed by atoms with van der Waals surface area (Å²) in [4.78, 5) is 23.4. The molecular weight excluding hydrogens is 362 g/mol. The minimum atomic E-state index is -0.497. The highest BCUT2D eigenvalue weighted by Gasteiger charge is 2.12. The van der Waals surface area contributed by atoms with E-state index in [9.17, 15) is 9.59 Å². The molecule has 0 spiro atoms. The first-order valence-electron chi connectivity index (χ1n) is 7.21. The lowest BCUT2D eigenvalue weighted by atomic mass is 10.0. The summed E-state index contributed by atoms with van der Waals surface area (Å²) >= 11 is 3.40. The van der Waals surface area contributed by atoms with Crippen LogP contribution in [0.2, 0.25) is 0 Å². The molecule has 0 fully saturated rings. The van der Waals surface area contributed by atoms with Crippen molar-refractivity contribution in [2.24, 2.45) is 0 Å². The van der Waals surface area contributed by atoms with Crippen molar-refractivity contribution in [3.63, 3.8) is 0 Å². The largest absolute Gasteiger partial charge is 0.459 e. The maximum atomic E-state index is 11.8. The Morgan fingerprint density at radius 1 is 1.17 bits per heavy atom. The highest BCUT2D eigenvalue weighted by atomic mass is 79.9. The summed E-state index contributed by atoms with van der Waals surface area (Å²) in [7, 11) is 0. The van der Waals surface area contributed by atoms with Gasteiger partial charge in [0.05, 0.1) is 12.8 Å². The molecule has 0 unspecified atom stereocenters. The summed E-state index contributed by atoms with van der Waals surface area (Å²) in [5.74, 6) is -0.691. The molecule has 0 aliphatic heterocycles. The van der Waals surface area contributed by atoms with Crippen LogP contribution in [0.15, 0.2) is 51.6 Å². The monoisotopic (exact) mass is 379 g/mol. The number of halogens is 1. The number of hydrogen-bond donors (Lipinski definition) is 3. The van der Waals surface area contributed by atoms with Gasteiger partial charge in [-0.1, -0.05) is 35.0 Å². The van der Waals surface area contributed by atoms with Crippen molar-refractivity contribution in [3.05, 3.63) is 58.5 Å². The summed E-state index contributed by atoms with van der Waals surface area (Å²) in [6.07, 6.45) is 2.23. The van der Waals surface area contributed by atoms with Crippen LogP contribution in [0.3, 0.4) is 0 Å². The van der Waals surface area contributed by atoms with E-state index in [0.29, 0.717) is 0 Å². The summed E-state index contributed by atoms with van der Waals surface area (Å²) in [5.41, 5.74) is 5.74. The Bertz CT molecular complexity index is 641. The zero-order chi connectivity index (χ0) is 16.7. The third kappa shape index (κ3) is 5.22. The second kappa shape index (κ2) is 8.50. The van der Waals surface area contributed by atoms with Crippen molar-refractivity contribution in [1.29, 1.82) is 0 Å². The first-order valence-corrected chi connectivity index (χ1v) is 8.01. The van der Waals surface area contributed by atoms with Crippen LogP contribution in [0.25, 0.3) is 0 Å². The van der Waals surface area contributed by atoms with Crippen LogP contribution in [0.5, 0.6) is 0 Å². The molecule has 122 valence electrons. The Balaban J connectivity index is 1.78. The maximum absolute atomic E-state index is 11.8. The van der Waals surface area contributed by atoms with E-state index in [1.807, 2.05) is 31.2 Å². The second-order valence-corrected chi connectivity index (χ2v) is 5.79. The molecule has 7 heteroatoms. The summed E-state index contributed by atoms with van der Waals surface area (Å²) < 4.78 is 5.94. The lowest BCUT2D eigenvalue weighted by Gasteiger charge is -2.17. The fraction of sp³-hybridized carbons (Fsp3) is 0.250. The van der Waals surface area contributed by atoms with Crippen LogP contribution in [-0.4, -0.2) is 18.4 Å². The molecule has 6 nitrogen and oxygen atoms in total. The van der Waals surface area contributed by atoms with Crippen molar-refractivity contribution in [2.45, 2.75) is 19.4 Å². The van der Waals surface area contributed by atoms with E-state index in [1.54, 1.807) is 6.07 Å². The van der Waals surface area contributed by atoms with E-state index in [-0.39, 0.29) is 24.3 Å². The zero-order valence-corrected chi connectivity index (χ0v) is 14.2. The van der Waals surface area contributed by atoms with Crippen molar-refractivity contribution in [1.82, 2.24) is 16.2 Å². The minimum absolute atomic E-state index is 0.0645. The van der Waals surface area contributed by atoms with Gasteiger partial charge >= 0.3 is 5.91 Å². The van der Waals surface area contributed by atoms with Crippen LogP contribution in [0, 0.1) is 0 Å². The molecule has 1 aromatic carbocycles. The van der Waals surface area contributed by atoms with Crippen molar-refractivity contribution < 1.29 is 14.0 Å². The lowest BCUT2D eigenvalue weighted by molar-refractivity contribution is -0.121. The molecule has 23 heavy (non-hydrogen) atoms. The van der Waals surface area contributed by atoms with Gasteiger partial charge in [-0.2, -0.15) is 0 Å². The first kappa shape index (κ1) is 17.2. The minimum Gasteiger partial charge on any atom is -0.459 e. The maximum Gasteiger partial charge on any atom is 0.305 e. The molecule has 1 atom stereocenters. The Kier molecular flexibility index (Phi) is 6.37. The molecule has 3 N–H and O–H groups in total. The van der Waals surface area contributed by atoms with E-state index in [4.69, 9.17) is 4.42 Å². The number of carbonyl (C=O) groups excluding carboxylic acids is 2. The van der Waals surface area contributed by atoms with Crippen LogP contribution in [-0.2, 0) is 4.79 Å². The molecule has 2 rings (SSSR count). The molecular formula is C16H18BrN3O3. The average molecular weight is 380 g/mol. The molecule has 2 amide bonds. The third-order valence-corrected chi connectivity index (χ3v) is 3.78. The Hall–Kier alpha value is -2.12. The Labute approximate surface area is 142 Å². The van der Waals surface area contributed by atoms with Gasteiger partial charge in [-0.15, -0.1) is 0 Å². The van der Waals surface area contributed by atoms with E-state index < -0.39 is 5.91 Å². The number of hydrogen-bond acceptors (Lipinski definition) is 4. The molecule has 2 aromatic rings. The molecule has 0 bridgehead atoms. The summed E-state index contributed by atoms with van der Waals surface area (Å²) in [6, 6.07) is 11.1. The van der Waals surface area contributed by atoms with Crippen LogP contribution in [0.4, 0.5) is 0 Å². The van der Waals surface area contributed by atoms with E-state index in [2.05, 4.69) is 32.1 Å². The lowest BCUT2D eigenvalue weighted by Crippen LogP contribution is -2.45. The Morgan fingerprint density at radius 3 is 2.52 bits per heavy atom. The van der Waals surface area contributed by atoms with E-state index >= 15 is 0 Å². The molecule has 0 radical (unpaired) electrons. The zero-order valence-electron chi connectivity index (χ0n) is 12.6. The standard InChI is InChI=1S/C16H18BrN3O3/c1-2-13(11-5-7-12(17)8-6-11)18-10-15(21)19-20-16(22)14-4-3-9-23-14/h3-9,13,18H,2,10H2,1H3,(H,19,21)(H,20,22)/t13-/m1/s1. The predicted molar refractivity (Wildman–Crippen MR) is 89.5 cm³/mol. The number of furan rings is 1. The molecule has 0 aliphatic rings. The van der Waals surface area contributed by atoms with Gasteiger partial charge in [0.25, 0.3) is 5.91 Å². The summed E-state index contributed by atoms with van der Waals surface area (Å²) in [6.45, 7) is 2.13. The third-order valence-electron chi connectivity index (χ3n) is 3.25. The summed E-state index contributed by atoms with van der Waals surface area (Å²) in [5, 5.41) is 3.16. The van der Waals surface area contributed by atoms with Crippen molar-refractivity contribution in [2.75, 3.05) is 6.54 Å². The van der Waals surface area contributed by atoms with Crippen molar-refractivity contribution >= 4 is 27.7 Å². The van der Waals surface area contributed by atoms with Gasteiger partial charge in [-0.05, 0) is 36.2 Å². The van der Waals surface area contributed by atoms with Gasteiger partial charge < -0.3 is 9.73 Å². The normalized spacial score (nSPS) is 11.7. The van der Waals surface area contributed by atoms with E-state index in [1.165, 1.54) is 12.3 Å². The Morgan fingerprint density at radius 2 is 1.91 bits per heavy atom. The fourth-order valence-electron chi connectivity index (χ4n) is 2.05. The van der Waals surface area contributed by atoms with Gasteiger partial charge in [0, 0.05) is 10.5 Å². The predicted octanol–water partition coefficient (Wildman–Crippen LogP) is 2.54. The molecule has 0 aliphatic carbocycles. The van der Waals surface area contributed by atoms with Crippen LogP contribution >= 0.6 is 15.9 Å². The fourth-order valence-corrected chi connectivity index (χ4v) is 2.31. The van der Waals surface area contributed by atoms with Crippen molar-refractivity contribution in [3.8, 4) is 0 Å². The molecule has 0 saturated heterocycles. The van der Waals surface area contributed by atoms with Crippen LogP contribution < -0.4 is 16.2 Å². The molecule has 1 heterocycles. The number of rotatable bonds is 6. The molecule has 1 aromatic heterocycles. The number of benzene rings is 1. The number of carbonyl (C=O) groups is 2. The SMILES string of the molecule is CC[C@@H](NCC(=O)NNC(=O)c1ccco1)c1ccc(Br)cc1. The second-order valence-electron chi connectivity index (χ2n) is 4.87. The highest BCUT2D eigenvalue weighted by Crippen LogP contribution is 2.19. The average Bonchev–Trinajstić information content (AvgIpc) is 3.09. The van der Waals surface area contributed by atoms with Gasteiger partial charge in [-0.3, -0.25) is 20.4 Å². The highest BCUT2D eigenvalue weighted by molar-refractivity contribution is 9.10. The topological polar surface area (TPSA) is 83.4 Å². The quantitative estimate of drug-likeness (QED) is 0.673. The first-order chi connectivity index (χ1) is 11.1. The molecule has 0 saturated carbocycles. The number of hydrazine groups is 1. The smallest absolute Gasteiger partial charge is 0.305 e. The van der Waals surface area contributed by atoms with Gasteiger partial charge in [0.15, 0.2) is 5.76 Å². The number of amides is 2. The van der Waals surface area contributed by atoms with E-state index in [0.717, 1.165) is 16.5 Å².